The van der Waals surface area contributed by atoms with Crippen LogP contribution in [-0.2, 0) is 30.5 Å². The minimum atomic E-state index is -4.40. The number of anilines is 1. The molecule has 146 valence electrons. The third-order valence-corrected chi connectivity index (χ3v) is 4.11. The highest BCUT2D eigenvalue weighted by molar-refractivity contribution is 5.78. The van der Waals surface area contributed by atoms with Crippen molar-refractivity contribution < 1.29 is 22.4 Å². The maximum Gasteiger partial charge on any atom is 0.416 e. The van der Waals surface area contributed by atoms with Gasteiger partial charge in [0.2, 0.25) is 5.91 Å². The average molecular weight is 388 g/mol. The maximum atomic E-state index is 12.7. The molecule has 0 bridgehead atoms. The van der Waals surface area contributed by atoms with Gasteiger partial charge in [0.05, 0.1) is 24.8 Å². The maximum absolute atomic E-state index is 12.7. The number of rotatable bonds is 7. The third kappa shape index (κ3) is 5.64. The topological polar surface area (TPSA) is 54.3 Å². The van der Waals surface area contributed by atoms with Crippen LogP contribution < -0.4 is 10.6 Å². The lowest BCUT2D eigenvalue weighted by atomic mass is 10.1. The van der Waals surface area contributed by atoms with Crippen LogP contribution in [0, 0.1) is 0 Å². The van der Waals surface area contributed by atoms with E-state index in [2.05, 4.69) is 10.6 Å². The molecular weight excluding hydrogens is 369 g/mol. The van der Waals surface area contributed by atoms with E-state index in [1.165, 1.54) is 6.07 Å². The fourth-order valence-electron chi connectivity index (χ4n) is 2.65. The second kappa shape index (κ2) is 8.65. The van der Waals surface area contributed by atoms with E-state index in [-0.39, 0.29) is 18.9 Å². The Morgan fingerprint density at radius 2 is 1.71 bits per heavy atom. The highest BCUT2D eigenvalue weighted by Crippen LogP contribution is 2.29. The fraction of sp³-hybridized carbons (Fsp3) is 0.190. The molecule has 0 atom stereocenters. The van der Waals surface area contributed by atoms with E-state index in [1.54, 1.807) is 12.3 Å². The number of carbonyl (C=O) groups excluding carboxylic acids is 1. The van der Waals surface area contributed by atoms with Crippen molar-refractivity contribution in [2.24, 2.45) is 0 Å². The molecular formula is C21H19F3N2O2. The van der Waals surface area contributed by atoms with Crippen molar-refractivity contribution >= 4 is 11.6 Å². The summed E-state index contributed by atoms with van der Waals surface area (Å²) in [4.78, 5) is 12.1. The Morgan fingerprint density at radius 1 is 0.929 bits per heavy atom. The summed E-state index contributed by atoms with van der Waals surface area (Å²) in [6, 6.07) is 16.0. The van der Waals surface area contributed by atoms with Gasteiger partial charge in [-0.15, -0.1) is 0 Å². The Balaban J connectivity index is 1.48. The first kappa shape index (κ1) is 19.5. The molecule has 0 saturated carbocycles. The van der Waals surface area contributed by atoms with Crippen LogP contribution in [0.2, 0.25) is 0 Å². The van der Waals surface area contributed by atoms with Crippen molar-refractivity contribution in [3.05, 3.63) is 89.4 Å². The van der Waals surface area contributed by atoms with Gasteiger partial charge in [0.1, 0.15) is 5.76 Å². The van der Waals surface area contributed by atoms with E-state index in [0.717, 1.165) is 29.1 Å². The third-order valence-electron chi connectivity index (χ3n) is 4.11. The Hall–Kier alpha value is -3.22. The van der Waals surface area contributed by atoms with Crippen LogP contribution in [0.3, 0.4) is 0 Å². The molecule has 3 aromatic rings. The fourth-order valence-corrected chi connectivity index (χ4v) is 2.65. The largest absolute Gasteiger partial charge is 0.467 e. The van der Waals surface area contributed by atoms with Crippen LogP contribution in [0.4, 0.5) is 18.9 Å². The van der Waals surface area contributed by atoms with Crippen LogP contribution in [0.25, 0.3) is 0 Å². The van der Waals surface area contributed by atoms with Crippen molar-refractivity contribution in [2.75, 3.05) is 5.32 Å². The lowest BCUT2D eigenvalue weighted by Gasteiger charge is -2.10. The summed E-state index contributed by atoms with van der Waals surface area (Å²) < 4.78 is 43.4. The molecule has 7 heteroatoms. The van der Waals surface area contributed by atoms with Crippen molar-refractivity contribution in [3.8, 4) is 0 Å². The second-order valence-electron chi connectivity index (χ2n) is 6.28. The quantitative estimate of drug-likeness (QED) is 0.613. The predicted molar refractivity (Wildman–Crippen MR) is 99.5 cm³/mol. The number of hydrogen-bond donors (Lipinski definition) is 2. The average Bonchev–Trinajstić information content (AvgIpc) is 3.19. The number of nitrogens with one attached hydrogen (secondary N) is 2. The normalized spacial score (nSPS) is 11.2. The molecule has 1 aromatic heterocycles. The van der Waals surface area contributed by atoms with Gasteiger partial charge in [-0.05, 0) is 47.5 Å². The summed E-state index contributed by atoms with van der Waals surface area (Å²) in [5.41, 5.74) is 1.38. The van der Waals surface area contributed by atoms with Gasteiger partial charge in [0, 0.05) is 12.2 Å². The minimum absolute atomic E-state index is 0.0472. The summed E-state index contributed by atoms with van der Waals surface area (Å²) in [6.07, 6.45) is -2.64. The SMILES string of the molecule is O=C(Cc1ccc(NCc2ccco2)cc1)NCc1cccc(C(F)(F)F)c1. The first-order chi connectivity index (χ1) is 13.4. The van der Waals surface area contributed by atoms with E-state index >= 15 is 0 Å². The van der Waals surface area contributed by atoms with E-state index < -0.39 is 11.7 Å². The Bertz CT molecular complexity index is 904. The van der Waals surface area contributed by atoms with Crippen LogP contribution in [-0.4, -0.2) is 5.91 Å². The minimum Gasteiger partial charge on any atom is -0.467 e. The number of hydrogen-bond acceptors (Lipinski definition) is 3. The molecule has 1 amide bonds. The molecule has 2 N–H and O–H groups in total. The summed E-state index contributed by atoms with van der Waals surface area (Å²) in [5, 5.41) is 5.86. The first-order valence-corrected chi connectivity index (χ1v) is 8.68. The molecule has 0 aliphatic heterocycles. The van der Waals surface area contributed by atoms with Crippen LogP contribution in [0.1, 0.15) is 22.5 Å². The zero-order valence-corrected chi connectivity index (χ0v) is 14.9. The van der Waals surface area contributed by atoms with Crippen molar-refractivity contribution in [1.82, 2.24) is 5.32 Å². The number of amides is 1. The first-order valence-electron chi connectivity index (χ1n) is 8.68. The van der Waals surface area contributed by atoms with Crippen LogP contribution >= 0.6 is 0 Å². The molecule has 0 unspecified atom stereocenters. The van der Waals surface area contributed by atoms with Gasteiger partial charge in [0.15, 0.2) is 0 Å². The van der Waals surface area contributed by atoms with E-state index in [0.29, 0.717) is 12.1 Å². The summed E-state index contributed by atoms with van der Waals surface area (Å²) in [5.74, 6) is 0.562. The summed E-state index contributed by atoms with van der Waals surface area (Å²) >= 11 is 0. The molecule has 0 saturated heterocycles. The summed E-state index contributed by atoms with van der Waals surface area (Å²) in [7, 11) is 0. The van der Waals surface area contributed by atoms with E-state index in [4.69, 9.17) is 4.42 Å². The molecule has 0 spiro atoms. The van der Waals surface area contributed by atoms with Crippen LogP contribution in [0.5, 0.6) is 0 Å². The molecule has 0 aliphatic rings. The van der Waals surface area contributed by atoms with Crippen molar-refractivity contribution in [3.63, 3.8) is 0 Å². The monoisotopic (exact) mass is 388 g/mol. The van der Waals surface area contributed by atoms with Crippen molar-refractivity contribution in [2.45, 2.75) is 25.7 Å². The molecule has 4 nitrogen and oxygen atoms in total. The predicted octanol–water partition coefficient (Wildman–Crippen LogP) is 4.77. The van der Waals surface area contributed by atoms with Gasteiger partial charge in [-0.3, -0.25) is 4.79 Å². The number of benzene rings is 2. The van der Waals surface area contributed by atoms with Gasteiger partial charge < -0.3 is 15.1 Å². The zero-order chi connectivity index (χ0) is 20.0. The van der Waals surface area contributed by atoms with Gasteiger partial charge in [-0.1, -0.05) is 24.3 Å². The smallest absolute Gasteiger partial charge is 0.416 e. The molecule has 0 radical (unpaired) electrons. The molecule has 1 heterocycles. The van der Waals surface area contributed by atoms with Crippen molar-refractivity contribution in [1.29, 1.82) is 0 Å². The lowest BCUT2D eigenvalue weighted by Crippen LogP contribution is -2.24. The number of alkyl halides is 3. The van der Waals surface area contributed by atoms with Gasteiger partial charge >= 0.3 is 6.18 Å². The molecule has 3 rings (SSSR count). The van der Waals surface area contributed by atoms with Crippen LogP contribution in [0.15, 0.2) is 71.3 Å². The Kier molecular flexibility index (Phi) is 6.03. The summed E-state index contributed by atoms with van der Waals surface area (Å²) in [6.45, 7) is 0.607. The highest BCUT2D eigenvalue weighted by atomic mass is 19.4. The molecule has 0 fully saturated rings. The second-order valence-corrected chi connectivity index (χ2v) is 6.28. The molecule has 0 aliphatic carbocycles. The van der Waals surface area contributed by atoms with Gasteiger partial charge in [0.25, 0.3) is 0 Å². The molecule has 28 heavy (non-hydrogen) atoms. The van der Waals surface area contributed by atoms with Gasteiger partial charge in [-0.25, -0.2) is 0 Å². The number of carbonyl (C=O) groups is 1. The highest BCUT2D eigenvalue weighted by Gasteiger charge is 2.30. The Morgan fingerprint density at radius 3 is 2.39 bits per heavy atom. The number of furan rings is 1. The molecule has 2 aromatic carbocycles. The van der Waals surface area contributed by atoms with E-state index in [1.807, 2.05) is 36.4 Å². The number of halogens is 3. The zero-order valence-electron chi connectivity index (χ0n) is 14.9. The van der Waals surface area contributed by atoms with Gasteiger partial charge in [-0.2, -0.15) is 13.2 Å². The van der Waals surface area contributed by atoms with E-state index in [9.17, 15) is 18.0 Å². The Labute approximate surface area is 160 Å². The lowest BCUT2D eigenvalue weighted by molar-refractivity contribution is -0.137. The standard InChI is InChI=1S/C21H19F3N2O2/c22-21(23,24)17-4-1-3-16(11-17)13-26-20(27)12-15-6-8-18(9-7-15)25-14-19-5-2-10-28-19/h1-11,25H,12-14H2,(H,26,27).